The Morgan fingerprint density at radius 3 is 2.70 bits per heavy atom. The molecule has 1 atom stereocenters. The molecule has 192 valence electrons. The van der Waals surface area contributed by atoms with E-state index in [4.69, 9.17) is 10.7 Å². The second-order valence-corrected chi connectivity index (χ2v) is 9.63. The molecule has 1 aliphatic rings. The Bertz CT molecular complexity index is 1460. The number of hydrogen-bond donors (Lipinski definition) is 3. The predicted octanol–water partition coefficient (Wildman–Crippen LogP) is 3.20. The molecule has 9 nitrogen and oxygen atoms in total. The molecule has 1 unspecified atom stereocenters. The molecule has 0 radical (unpaired) electrons. The first-order valence-corrected chi connectivity index (χ1v) is 12.8. The maximum atomic E-state index is 13.2. The number of likely N-dealkylation sites (tertiary alicyclic amines) is 1. The maximum absolute atomic E-state index is 13.2. The summed E-state index contributed by atoms with van der Waals surface area (Å²) in [6, 6.07) is 12.0. The summed E-state index contributed by atoms with van der Waals surface area (Å²) in [5.41, 5.74) is 9.67. The molecule has 9 heteroatoms. The van der Waals surface area contributed by atoms with Crippen LogP contribution in [0.1, 0.15) is 31.7 Å². The normalized spacial score (nSPS) is 15.9. The molecule has 0 saturated carbocycles. The van der Waals surface area contributed by atoms with Crippen LogP contribution >= 0.6 is 0 Å². The van der Waals surface area contributed by atoms with Crippen LogP contribution in [0.5, 0.6) is 0 Å². The number of carbonyl (C=O) groups excluding carboxylic acids is 1. The van der Waals surface area contributed by atoms with Gasteiger partial charge in [-0.3, -0.25) is 9.59 Å². The van der Waals surface area contributed by atoms with Gasteiger partial charge in [-0.1, -0.05) is 24.3 Å². The average molecular weight is 500 g/mol. The first-order valence-electron chi connectivity index (χ1n) is 12.8. The minimum atomic E-state index is -0.202. The molecule has 0 spiro atoms. The van der Waals surface area contributed by atoms with Crippen molar-refractivity contribution in [1.82, 2.24) is 29.7 Å². The highest BCUT2D eigenvalue weighted by Gasteiger charge is 2.21. The molecule has 5 rings (SSSR count). The second kappa shape index (κ2) is 10.6. The van der Waals surface area contributed by atoms with Crippen molar-refractivity contribution in [3.8, 4) is 22.6 Å². The van der Waals surface area contributed by atoms with Gasteiger partial charge >= 0.3 is 0 Å². The van der Waals surface area contributed by atoms with Gasteiger partial charge in [0.2, 0.25) is 11.3 Å². The predicted molar refractivity (Wildman–Crippen MR) is 146 cm³/mol. The van der Waals surface area contributed by atoms with Crippen molar-refractivity contribution in [3.63, 3.8) is 0 Å². The number of hydrogen-bond acceptors (Lipinski definition) is 6. The molecule has 0 aliphatic carbocycles. The maximum Gasteiger partial charge on any atom is 0.224 e. The van der Waals surface area contributed by atoms with Gasteiger partial charge in [-0.05, 0) is 57.5 Å². The Morgan fingerprint density at radius 2 is 2.03 bits per heavy atom. The summed E-state index contributed by atoms with van der Waals surface area (Å²) < 4.78 is 1.83. The summed E-state index contributed by atoms with van der Waals surface area (Å²) in [5.74, 6) is 0.814. The first-order chi connectivity index (χ1) is 18.0. The van der Waals surface area contributed by atoms with Crippen molar-refractivity contribution in [2.75, 3.05) is 25.9 Å². The molecule has 37 heavy (non-hydrogen) atoms. The van der Waals surface area contributed by atoms with Crippen molar-refractivity contribution in [3.05, 3.63) is 64.6 Å². The summed E-state index contributed by atoms with van der Waals surface area (Å²) in [5, 5.41) is 3.54. The molecule has 1 aromatic carbocycles. The Labute approximate surface area is 215 Å². The third kappa shape index (κ3) is 4.99. The minimum Gasteiger partial charge on any atom is -0.384 e. The minimum absolute atomic E-state index is 0.0343. The SMILES string of the molecule is CCn1c(N)c(-c2ncc[nH]2)c(=O)c2ccc(-c3ccc(CC(=O)NCCC4CCCN4C)cc3)nc21. The number of pyridine rings is 2. The number of amides is 1. The van der Waals surface area contributed by atoms with Crippen LogP contribution in [0.15, 0.2) is 53.6 Å². The molecular formula is C28H33N7O2. The topological polar surface area (TPSA) is 122 Å². The zero-order valence-electron chi connectivity index (χ0n) is 21.3. The largest absolute Gasteiger partial charge is 0.384 e. The number of nitrogens with zero attached hydrogens (tertiary/aromatic N) is 4. The number of H-pyrrole nitrogens is 1. The van der Waals surface area contributed by atoms with E-state index >= 15 is 0 Å². The van der Waals surface area contributed by atoms with E-state index in [0.29, 0.717) is 53.8 Å². The Kier molecular flexibility index (Phi) is 7.05. The Morgan fingerprint density at radius 1 is 1.22 bits per heavy atom. The number of nitrogens with one attached hydrogen (secondary N) is 2. The van der Waals surface area contributed by atoms with Crippen LogP contribution < -0.4 is 16.5 Å². The number of nitrogens with two attached hydrogens (primary N) is 1. The van der Waals surface area contributed by atoms with Gasteiger partial charge in [0.05, 0.1) is 17.5 Å². The van der Waals surface area contributed by atoms with Crippen molar-refractivity contribution in [2.24, 2.45) is 0 Å². The lowest BCUT2D eigenvalue weighted by atomic mass is 10.0. The van der Waals surface area contributed by atoms with Crippen LogP contribution in [0.4, 0.5) is 5.82 Å². The Balaban J connectivity index is 1.32. The van der Waals surface area contributed by atoms with Gasteiger partial charge in [-0.25, -0.2) is 9.97 Å². The number of imidazole rings is 1. The highest BCUT2D eigenvalue weighted by molar-refractivity contribution is 5.87. The van der Waals surface area contributed by atoms with Gasteiger partial charge < -0.3 is 25.5 Å². The number of benzene rings is 1. The van der Waals surface area contributed by atoms with Gasteiger partial charge in [0, 0.05) is 37.1 Å². The molecule has 1 saturated heterocycles. The van der Waals surface area contributed by atoms with E-state index in [0.717, 1.165) is 29.8 Å². The third-order valence-electron chi connectivity index (χ3n) is 7.29. The number of aryl methyl sites for hydroxylation is 1. The monoisotopic (exact) mass is 499 g/mol. The number of aromatic nitrogens is 4. The molecule has 4 N–H and O–H groups in total. The lowest BCUT2D eigenvalue weighted by molar-refractivity contribution is -0.120. The number of carbonyl (C=O) groups is 1. The van der Waals surface area contributed by atoms with E-state index in [1.165, 1.54) is 12.8 Å². The van der Waals surface area contributed by atoms with Crippen LogP contribution in [0.3, 0.4) is 0 Å². The summed E-state index contributed by atoms with van der Waals surface area (Å²) in [6.45, 7) is 4.37. The van der Waals surface area contributed by atoms with E-state index in [1.54, 1.807) is 18.5 Å². The van der Waals surface area contributed by atoms with E-state index in [2.05, 4.69) is 27.2 Å². The van der Waals surface area contributed by atoms with Crippen LogP contribution in [-0.2, 0) is 17.8 Å². The summed E-state index contributed by atoms with van der Waals surface area (Å²) in [6.07, 6.45) is 7.04. The smallest absolute Gasteiger partial charge is 0.224 e. The van der Waals surface area contributed by atoms with E-state index in [1.807, 2.05) is 41.8 Å². The summed E-state index contributed by atoms with van der Waals surface area (Å²) >= 11 is 0. The molecule has 0 bridgehead atoms. The molecule has 1 amide bonds. The zero-order valence-corrected chi connectivity index (χ0v) is 21.3. The molecule has 4 aromatic rings. The first kappa shape index (κ1) is 24.7. The van der Waals surface area contributed by atoms with Gasteiger partial charge in [-0.15, -0.1) is 0 Å². The van der Waals surface area contributed by atoms with Gasteiger partial charge in [-0.2, -0.15) is 0 Å². The second-order valence-electron chi connectivity index (χ2n) is 9.63. The van der Waals surface area contributed by atoms with Gasteiger partial charge in [0.25, 0.3) is 0 Å². The Hall–Kier alpha value is -3.98. The highest BCUT2D eigenvalue weighted by atomic mass is 16.1. The standard InChI is InChI=1S/C28H33N7O2/c1-3-35-26(29)24(27-31-14-15-32-27)25(37)21-10-11-22(33-28(21)35)19-8-6-18(7-9-19)17-23(36)30-13-12-20-5-4-16-34(20)2/h6-11,14-15,20H,3-5,12-13,16-17,29H2,1-2H3,(H,30,36)(H,31,32). The fourth-order valence-corrected chi connectivity index (χ4v) is 5.21. The third-order valence-corrected chi connectivity index (χ3v) is 7.29. The molecular weight excluding hydrogens is 466 g/mol. The molecule has 1 fully saturated rings. The molecule has 1 aliphatic heterocycles. The highest BCUT2D eigenvalue weighted by Crippen LogP contribution is 2.26. The van der Waals surface area contributed by atoms with Gasteiger partial charge in [0.1, 0.15) is 22.9 Å². The molecule has 3 aromatic heterocycles. The summed E-state index contributed by atoms with van der Waals surface area (Å²) in [4.78, 5) is 40.0. The van der Waals surface area contributed by atoms with Gasteiger partial charge in [0.15, 0.2) is 0 Å². The van der Waals surface area contributed by atoms with E-state index in [-0.39, 0.29) is 11.3 Å². The van der Waals surface area contributed by atoms with E-state index < -0.39 is 0 Å². The van der Waals surface area contributed by atoms with E-state index in [9.17, 15) is 9.59 Å². The molecule has 4 heterocycles. The number of nitrogen functional groups attached to an aromatic ring is 1. The fraction of sp³-hybridized carbons (Fsp3) is 0.357. The van der Waals surface area contributed by atoms with Crippen LogP contribution in [-0.4, -0.2) is 56.5 Å². The van der Waals surface area contributed by atoms with Crippen molar-refractivity contribution >= 4 is 22.8 Å². The van der Waals surface area contributed by atoms with Crippen molar-refractivity contribution < 1.29 is 4.79 Å². The lowest BCUT2D eigenvalue weighted by Gasteiger charge is -2.19. The van der Waals surface area contributed by atoms with Crippen LogP contribution in [0, 0.1) is 0 Å². The quantitative estimate of drug-likeness (QED) is 0.342. The lowest BCUT2D eigenvalue weighted by Crippen LogP contribution is -2.32. The number of fused-ring (bicyclic) bond motifs is 1. The zero-order chi connectivity index (χ0) is 25.9. The summed E-state index contributed by atoms with van der Waals surface area (Å²) in [7, 11) is 2.15. The fourth-order valence-electron chi connectivity index (χ4n) is 5.21. The van der Waals surface area contributed by atoms with Crippen LogP contribution in [0.2, 0.25) is 0 Å². The van der Waals surface area contributed by atoms with Crippen molar-refractivity contribution in [2.45, 2.75) is 45.2 Å². The van der Waals surface area contributed by atoms with Crippen LogP contribution in [0.25, 0.3) is 33.7 Å². The number of rotatable bonds is 8. The number of aromatic amines is 1. The number of anilines is 1. The van der Waals surface area contributed by atoms with Crippen molar-refractivity contribution in [1.29, 1.82) is 0 Å². The average Bonchev–Trinajstić information content (AvgIpc) is 3.57.